The Hall–Kier alpha value is -0.600. The molecule has 1 heterocycles. The van der Waals surface area contributed by atoms with Crippen LogP contribution in [0.25, 0.3) is 0 Å². The van der Waals surface area contributed by atoms with Crippen LogP contribution in [0.2, 0.25) is 0 Å². The Morgan fingerprint density at radius 3 is 2.07 bits per heavy atom. The van der Waals surface area contributed by atoms with Gasteiger partial charge < -0.3 is 9.11 Å². The monoisotopic (exact) mass is 247 g/mol. The van der Waals surface area contributed by atoms with Crippen molar-refractivity contribution in [3.63, 3.8) is 0 Å². The van der Waals surface area contributed by atoms with Crippen molar-refractivity contribution in [1.82, 2.24) is 5.32 Å². The fraction of sp³-hybridized carbons (Fsp3) is 0.250. The van der Waals surface area contributed by atoms with Crippen molar-refractivity contribution in [2.45, 2.75) is 10.2 Å². The second-order valence-electron chi connectivity index (χ2n) is 3.15. The summed E-state index contributed by atoms with van der Waals surface area (Å²) in [7, 11) is 0. The highest BCUT2D eigenvalue weighted by Crippen LogP contribution is 2.44. The first-order chi connectivity index (χ1) is 7.09. The Kier molecular flexibility index (Phi) is 2.73. The second kappa shape index (κ2) is 3.76. The highest BCUT2D eigenvalue weighted by molar-refractivity contribution is 7.99. The van der Waals surface area contributed by atoms with Crippen LogP contribution in [-0.4, -0.2) is 21.7 Å². The van der Waals surface area contributed by atoms with Gasteiger partial charge in [-0.2, -0.15) is 0 Å². The summed E-state index contributed by atoms with van der Waals surface area (Å²) < 4.78 is 38.4. The van der Waals surface area contributed by atoms with Crippen LogP contribution in [0.1, 0.15) is 11.6 Å². The van der Waals surface area contributed by atoms with Gasteiger partial charge in [0.1, 0.15) is 0 Å². The van der Waals surface area contributed by atoms with Crippen LogP contribution < -0.4 is 5.32 Å². The SMILES string of the molecule is O=S(O)C1(S(=O)O)NC1c1ccccc1. The zero-order valence-corrected chi connectivity index (χ0v) is 9.12. The lowest BCUT2D eigenvalue weighted by Crippen LogP contribution is -2.27. The standard InChI is InChI=1S/C8H9NO4S2/c10-14(11)8(15(12)13)7(9-8)6-4-2-1-3-5-6/h1-5,7,9H,(H,10,11)(H,12,13). The fourth-order valence-electron chi connectivity index (χ4n) is 1.47. The Bertz CT molecular complexity index is 408. The van der Waals surface area contributed by atoms with Crippen molar-refractivity contribution in [2.75, 3.05) is 0 Å². The Balaban J connectivity index is 2.31. The summed E-state index contributed by atoms with van der Waals surface area (Å²) in [5, 5.41) is 2.60. The van der Waals surface area contributed by atoms with E-state index in [1.165, 1.54) is 0 Å². The normalized spacial score (nSPS) is 33.3. The predicted molar refractivity (Wildman–Crippen MR) is 56.6 cm³/mol. The molecule has 0 radical (unpaired) electrons. The highest BCUT2D eigenvalue weighted by atomic mass is 32.3. The van der Waals surface area contributed by atoms with Gasteiger partial charge in [-0.25, -0.2) is 8.42 Å². The van der Waals surface area contributed by atoms with Gasteiger partial charge in [-0.15, -0.1) is 0 Å². The molecular formula is C8H9NO4S2. The van der Waals surface area contributed by atoms with Crippen LogP contribution in [0.5, 0.6) is 0 Å². The van der Waals surface area contributed by atoms with E-state index in [2.05, 4.69) is 5.32 Å². The minimum atomic E-state index is -2.39. The lowest BCUT2D eigenvalue weighted by atomic mass is 10.2. The first-order valence-electron chi connectivity index (χ1n) is 4.13. The third-order valence-corrected chi connectivity index (χ3v) is 4.89. The van der Waals surface area contributed by atoms with Crippen LogP contribution in [0.3, 0.4) is 0 Å². The minimum Gasteiger partial charge on any atom is -0.304 e. The first kappa shape index (κ1) is 10.9. The molecule has 5 nitrogen and oxygen atoms in total. The van der Waals surface area contributed by atoms with E-state index in [0.29, 0.717) is 0 Å². The van der Waals surface area contributed by atoms with Crippen molar-refractivity contribution in [1.29, 1.82) is 0 Å². The number of nitrogens with one attached hydrogen (secondary N) is 1. The van der Waals surface area contributed by atoms with Gasteiger partial charge in [-0.05, 0) is 5.56 Å². The van der Waals surface area contributed by atoms with E-state index in [9.17, 15) is 8.42 Å². The third kappa shape index (κ3) is 1.66. The van der Waals surface area contributed by atoms with Crippen molar-refractivity contribution in [3.05, 3.63) is 35.9 Å². The molecule has 0 saturated carbocycles. The molecule has 1 aliphatic heterocycles. The largest absolute Gasteiger partial charge is 0.304 e. The Morgan fingerprint density at radius 2 is 1.67 bits per heavy atom. The van der Waals surface area contributed by atoms with Crippen molar-refractivity contribution in [2.24, 2.45) is 0 Å². The van der Waals surface area contributed by atoms with Gasteiger partial charge in [0.15, 0.2) is 22.2 Å². The molecule has 1 aromatic carbocycles. The molecule has 15 heavy (non-hydrogen) atoms. The molecule has 3 N–H and O–H groups in total. The molecule has 3 atom stereocenters. The lowest BCUT2D eigenvalue weighted by molar-refractivity contribution is 0.534. The summed E-state index contributed by atoms with van der Waals surface area (Å²) >= 11 is -4.77. The maximum atomic E-state index is 11.0. The van der Waals surface area contributed by atoms with E-state index in [1.807, 2.05) is 0 Å². The maximum absolute atomic E-state index is 11.0. The third-order valence-electron chi connectivity index (χ3n) is 2.29. The van der Waals surface area contributed by atoms with Gasteiger partial charge in [0.2, 0.25) is 4.20 Å². The summed E-state index contributed by atoms with van der Waals surface area (Å²) in [6, 6.07) is 8.26. The van der Waals surface area contributed by atoms with Crippen molar-refractivity contribution in [3.8, 4) is 0 Å². The van der Waals surface area contributed by atoms with E-state index in [0.717, 1.165) is 5.56 Å². The molecule has 1 aromatic rings. The van der Waals surface area contributed by atoms with E-state index >= 15 is 0 Å². The first-order valence-corrected chi connectivity index (χ1v) is 6.35. The summed E-state index contributed by atoms with van der Waals surface area (Å²) in [5.74, 6) is 0. The van der Waals surface area contributed by atoms with Gasteiger partial charge in [-0.1, -0.05) is 30.3 Å². The molecule has 1 fully saturated rings. The van der Waals surface area contributed by atoms with Crippen LogP contribution in [-0.2, 0) is 22.2 Å². The molecule has 0 spiro atoms. The average molecular weight is 247 g/mol. The molecule has 0 aliphatic carbocycles. The molecule has 3 unspecified atom stereocenters. The molecule has 1 saturated heterocycles. The quantitative estimate of drug-likeness (QED) is 0.531. The lowest BCUT2D eigenvalue weighted by Gasteiger charge is -2.04. The highest BCUT2D eigenvalue weighted by Gasteiger charge is 2.65. The smallest absolute Gasteiger partial charge is 0.242 e. The van der Waals surface area contributed by atoms with Crippen LogP contribution in [0.4, 0.5) is 0 Å². The van der Waals surface area contributed by atoms with Gasteiger partial charge in [0.25, 0.3) is 0 Å². The van der Waals surface area contributed by atoms with Gasteiger partial charge >= 0.3 is 0 Å². The second-order valence-corrected chi connectivity index (χ2v) is 5.70. The van der Waals surface area contributed by atoms with Gasteiger partial charge in [0, 0.05) is 0 Å². The zero-order chi connectivity index (χ0) is 11.1. The van der Waals surface area contributed by atoms with Gasteiger partial charge in [0.05, 0.1) is 6.04 Å². The van der Waals surface area contributed by atoms with Crippen LogP contribution >= 0.6 is 0 Å². The fourth-order valence-corrected chi connectivity index (χ4v) is 3.07. The number of hydrogen-bond donors (Lipinski definition) is 3. The van der Waals surface area contributed by atoms with E-state index in [1.54, 1.807) is 30.3 Å². The number of rotatable bonds is 3. The van der Waals surface area contributed by atoms with Crippen molar-refractivity contribution < 1.29 is 17.5 Å². The van der Waals surface area contributed by atoms with E-state index in [4.69, 9.17) is 9.11 Å². The summed E-state index contributed by atoms with van der Waals surface area (Å²) in [6.07, 6.45) is 0. The number of hydrogen-bond acceptors (Lipinski definition) is 3. The maximum Gasteiger partial charge on any atom is 0.242 e. The summed E-state index contributed by atoms with van der Waals surface area (Å²) in [6.45, 7) is 0. The Labute approximate surface area is 91.5 Å². The predicted octanol–water partition coefficient (Wildman–Crippen LogP) is 0.428. The van der Waals surface area contributed by atoms with Crippen molar-refractivity contribution >= 4 is 22.2 Å². The topological polar surface area (TPSA) is 96.5 Å². The van der Waals surface area contributed by atoms with E-state index in [-0.39, 0.29) is 0 Å². The average Bonchev–Trinajstić information content (AvgIpc) is 2.95. The minimum absolute atomic E-state index is 0.546. The molecule has 82 valence electrons. The Morgan fingerprint density at radius 1 is 1.13 bits per heavy atom. The molecule has 7 heteroatoms. The molecule has 2 rings (SSSR count). The zero-order valence-electron chi connectivity index (χ0n) is 7.49. The summed E-state index contributed by atoms with van der Waals surface area (Å²) in [4.78, 5) is 0. The summed E-state index contributed by atoms with van der Waals surface area (Å²) in [5.41, 5.74) is 0.724. The number of benzene rings is 1. The molecular weight excluding hydrogens is 238 g/mol. The van der Waals surface area contributed by atoms with E-state index < -0.39 is 32.4 Å². The molecule has 0 bridgehead atoms. The van der Waals surface area contributed by atoms with Gasteiger partial charge in [-0.3, -0.25) is 5.32 Å². The van der Waals surface area contributed by atoms with Crippen LogP contribution in [0, 0.1) is 0 Å². The molecule has 0 amide bonds. The molecule has 0 aromatic heterocycles. The molecule has 1 aliphatic rings. The van der Waals surface area contributed by atoms with Crippen LogP contribution in [0.15, 0.2) is 30.3 Å².